The van der Waals surface area contributed by atoms with Gasteiger partial charge in [-0.05, 0) is 38.5 Å². The van der Waals surface area contributed by atoms with Crippen molar-refractivity contribution in [1.82, 2.24) is 0 Å². The van der Waals surface area contributed by atoms with Gasteiger partial charge in [-0.3, -0.25) is 23.4 Å². The molecule has 3 atom stereocenters. The van der Waals surface area contributed by atoms with Crippen molar-refractivity contribution in [3.05, 3.63) is 24.3 Å². The smallest absolute Gasteiger partial charge is 0.472 e. The second-order valence-electron chi connectivity index (χ2n) is 12.4. The molecule has 0 saturated heterocycles. The molecule has 0 aliphatic rings. The summed E-state index contributed by atoms with van der Waals surface area (Å²) in [5.41, 5.74) is 5.30. The van der Waals surface area contributed by atoms with Crippen molar-refractivity contribution >= 4 is 25.7 Å². The molecule has 0 rings (SSSR count). The maximum atomic E-state index is 12.5. The minimum Gasteiger partial charge on any atom is -0.480 e. The fraction of sp³-hybridized carbons (Fsp3) is 0.806. The first-order chi connectivity index (χ1) is 23.1. The zero-order chi connectivity index (χ0) is 35.7. The predicted molar refractivity (Wildman–Crippen MR) is 189 cm³/mol. The highest BCUT2D eigenvalue weighted by Crippen LogP contribution is 2.43. The molecule has 0 bridgehead atoms. The molecular formula is C36H66NO10P. The van der Waals surface area contributed by atoms with Gasteiger partial charge in [0.05, 0.1) is 13.2 Å². The highest BCUT2D eigenvalue weighted by molar-refractivity contribution is 7.47. The van der Waals surface area contributed by atoms with Crippen LogP contribution in [0.3, 0.4) is 0 Å². The molecule has 0 heterocycles. The number of aliphatic carboxylic acids is 1. The van der Waals surface area contributed by atoms with E-state index in [0.717, 1.165) is 64.2 Å². The molecule has 12 heteroatoms. The van der Waals surface area contributed by atoms with Crippen molar-refractivity contribution in [2.75, 3.05) is 19.8 Å². The topological polar surface area (TPSA) is 172 Å². The summed E-state index contributed by atoms with van der Waals surface area (Å²) in [6.07, 6.45) is 29.7. The van der Waals surface area contributed by atoms with Crippen LogP contribution in [0.25, 0.3) is 0 Å². The van der Waals surface area contributed by atoms with Gasteiger partial charge < -0.3 is 25.2 Å². The molecule has 0 aliphatic heterocycles. The molecule has 11 nitrogen and oxygen atoms in total. The van der Waals surface area contributed by atoms with E-state index in [4.69, 9.17) is 24.8 Å². The lowest BCUT2D eigenvalue weighted by molar-refractivity contribution is -0.161. The average Bonchev–Trinajstić information content (AvgIpc) is 3.05. The van der Waals surface area contributed by atoms with Crippen LogP contribution in [0.5, 0.6) is 0 Å². The van der Waals surface area contributed by atoms with Crippen molar-refractivity contribution in [3.8, 4) is 0 Å². The summed E-state index contributed by atoms with van der Waals surface area (Å²) in [5.74, 6) is -2.40. The molecular weight excluding hydrogens is 637 g/mol. The van der Waals surface area contributed by atoms with Crippen molar-refractivity contribution < 1.29 is 47.5 Å². The first kappa shape index (κ1) is 46.0. The van der Waals surface area contributed by atoms with Crippen molar-refractivity contribution in [2.45, 2.75) is 167 Å². The normalized spacial score (nSPS) is 14.2. The Morgan fingerprint density at radius 3 is 1.69 bits per heavy atom. The molecule has 48 heavy (non-hydrogen) atoms. The number of rotatable bonds is 34. The van der Waals surface area contributed by atoms with E-state index >= 15 is 0 Å². The number of hydrogen-bond donors (Lipinski definition) is 3. The van der Waals surface area contributed by atoms with E-state index in [1.165, 1.54) is 51.4 Å². The molecule has 0 spiro atoms. The third-order valence-electron chi connectivity index (χ3n) is 7.70. The van der Waals surface area contributed by atoms with Crippen molar-refractivity contribution in [3.63, 3.8) is 0 Å². The Balaban J connectivity index is 4.47. The van der Waals surface area contributed by atoms with E-state index in [1.54, 1.807) is 0 Å². The number of phosphoric ester groups is 1. The van der Waals surface area contributed by atoms with Gasteiger partial charge in [-0.1, -0.05) is 128 Å². The van der Waals surface area contributed by atoms with Crippen LogP contribution >= 0.6 is 7.82 Å². The van der Waals surface area contributed by atoms with Crippen LogP contribution < -0.4 is 5.73 Å². The Morgan fingerprint density at radius 2 is 1.12 bits per heavy atom. The third kappa shape index (κ3) is 31.2. The minimum atomic E-state index is -4.70. The van der Waals surface area contributed by atoms with Gasteiger partial charge in [0, 0.05) is 12.8 Å². The number of carboxylic acids is 1. The van der Waals surface area contributed by atoms with Gasteiger partial charge in [-0.25, -0.2) is 4.57 Å². The molecule has 0 aromatic rings. The number of carbonyl (C=O) groups excluding carboxylic acids is 2. The SMILES string of the molecule is CCCC/C=C\C/C=C\CCCCCCCC(=O)OC[C@H](COP(=O)(O)OC[C@H](N)C(=O)O)OC(=O)CCCCCCCCCCCC. The van der Waals surface area contributed by atoms with Crippen LogP contribution in [0, 0.1) is 0 Å². The maximum absolute atomic E-state index is 12.5. The van der Waals surface area contributed by atoms with Crippen LogP contribution in [-0.2, 0) is 37.5 Å². The Kier molecular flexibility index (Phi) is 30.8. The van der Waals surface area contributed by atoms with E-state index in [1.807, 2.05) is 0 Å². The molecule has 280 valence electrons. The molecule has 0 aromatic carbocycles. The van der Waals surface area contributed by atoms with Crippen LogP contribution in [0.4, 0.5) is 0 Å². The maximum Gasteiger partial charge on any atom is 0.472 e. The Hall–Kier alpha value is -2.04. The lowest BCUT2D eigenvalue weighted by Gasteiger charge is -2.20. The lowest BCUT2D eigenvalue weighted by Crippen LogP contribution is -2.34. The number of carbonyl (C=O) groups is 3. The van der Waals surface area contributed by atoms with Gasteiger partial charge in [0.25, 0.3) is 0 Å². The van der Waals surface area contributed by atoms with E-state index in [-0.39, 0.29) is 19.4 Å². The number of esters is 2. The van der Waals surface area contributed by atoms with Crippen molar-refractivity contribution in [1.29, 1.82) is 0 Å². The van der Waals surface area contributed by atoms with E-state index in [9.17, 15) is 23.8 Å². The second kappa shape index (κ2) is 32.2. The van der Waals surface area contributed by atoms with Gasteiger partial charge in [0.15, 0.2) is 6.10 Å². The summed E-state index contributed by atoms with van der Waals surface area (Å²) in [7, 11) is -4.70. The van der Waals surface area contributed by atoms with Crippen LogP contribution in [0.2, 0.25) is 0 Å². The predicted octanol–water partition coefficient (Wildman–Crippen LogP) is 8.72. The average molecular weight is 704 g/mol. The summed E-state index contributed by atoms with van der Waals surface area (Å²) in [6, 6.07) is -1.52. The molecule has 0 aromatic heterocycles. The summed E-state index contributed by atoms with van der Waals surface area (Å²) in [4.78, 5) is 45.6. The fourth-order valence-corrected chi connectivity index (χ4v) is 5.50. The number of unbranched alkanes of at least 4 members (excludes halogenated alkanes) is 16. The Labute approximate surface area is 290 Å². The highest BCUT2D eigenvalue weighted by Gasteiger charge is 2.28. The van der Waals surface area contributed by atoms with Gasteiger partial charge >= 0.3 is 25.7 Å². The van der Waals surface area contributed by atoms with Gasteiger partial charge in [0.2, 0.25) is 0 Å². The van der Waals surface area contributed by atoms with Gasteiger partial charge in [-0.15, -0.1) is 0 Å². The number of hydrogen-bond acceptors (Lipinski definition) is 9. The highest BCUT2D eigenvalue weighted by atomic mass is 31.2. The quantitative estimate of drug-likeness (QED) is 0.0253. The minimum absolute atomic E-state index is 0.160. The molecule has 0 amide bonds. The summed E-state index contributed by atoms with van der Waals surface area (Å²) < 4.78 is 32.5. The fourth-order valence-electron chi connectivity index (χ4n) is 4.73. The van der Waals surface area contributed by atoms with Gasteiger partial charge in [-0.2, -0.15) is 0 Å². The zero-order valence-electron chi connectivity index (χ0n) is 29.8. The van der Waals surface area contributed by atoms with E-state index in [2.05, 4.69) is 42.7 Å². The largest absolute Gasteiger partial charge is 0.480 e. The number of ether oxygens (including phenoxy) is 2. The number of carboxylic acid groups (broad SMARTS) is 1. The van der Waals surface area contributed by atoms with E-state index < -0.39 is 51.1 Å². The summed E-state index contributed by atoms with van der Waals surface area (Å²) in [6.45, 7) is 2.70. The molecule has 1 unspecified atom stereocenters. The molecule has 0 radical (unpaired) electrons. The second-order valence-corrected chi connectivity index (χ2v) is 13.8. The molecule has 0 fully saturated rings. The van der Waals surface area contributed by atoms with Crippen LogP contribution in [0.15, 0.2) is 24.3 Å². The Bertz CT molecular complexity index is 926. The lowest BCUT2D eigenvalue weighted by atomic mass is 10.1. The van der Waals surface area contributed by atoms with Gasteiger partial charge in [0.1, 0.15) is 12.6 Å². The number of phosphoric acid groups is 1. The third-order valence-corrected chi connectivity index (χ3v) is 8.65. The molecule has 4 N–H and O–H groups in total. The first-order valence-electron chi connectivity index (χ1n) is 18.4. The van der Waals surface area contributed by atoms with E-state index in [0.29, 0.717) is 12.8 Å². The monoisotopic (exact) mass is 703 g/mol. The molecule has 0 aliphatic carbocycles. The number of allylic oxidation sites excluding steroid dienone is 4. The molecule has 0 saturated carbocycles. The summed E-state index contributed by atoms with van der Waals surface area (Å²) in [5, 5.41) is 8.84. The zero-order valence-corrected chi connectivity index (χ0v) is 30.7. The van der Waals surface area contributed by atoms with Crippen LogP contribution in [-0.4, -0.2) is 59.9 Å². The first-order valence-corrected chi connectivity index (χ1v) is 19.9. The Morgan fingerprint density at radius 1 is 0.646 bits per heavy atom. The van der Waals surface area contributed by atoms with Crippen molar-refractivity contribution in [2.24, 2.45) is 5.73 Å². The standard InChI is InChI=1S/C36H66NO10P/c1-3-5-7-9-11-13-15-16-17-18-20-21-23-25-27-34(38)44-29-32(30-45-48(42,43)46-31-33(37)36(40)41)47-35(39)28-26-24-22-19-14-12-10-8-6-4-2/h9,11,15-16,32-33H,3-8,10,12-14,17-31,37H2,1-2H3,(H,40,41)(H,42,43)/b11-9-,16-15-/t32-,33+/m1/s1. The number of nitrogens with two attached hydrogens (primary N) is 1. The van der Waals surface area contributed by atoms with Crippen LogP contribution in [0.1, 0.15) is 155 Å². The summed E-state index contributed by atoms with van der Waals surface area (Å²) >= 11 is 0.